The van der Waals surface area contributed by atoms with Crippen LogP contribution in [0.2, 0.25) is 5.02 Å². The summed E-state index contributed by atoms with van der Waals surface area (Å²) >= 11 is 5.61. The molecule has 0 aliphatic heterocycles. The summed E-state index contributed by atoms with van der Waals surface area (Å²) in [5.74, 6) is -0.835. The number of hydrogen-bond donors (Lipinski definition) is 2. The predicted molar refractivity (Wildman–Crippen MR) is 126 cm³/mol. The van der Waals surface area contributed by atoms with Crippen LogP contribution in [0.3, 0.4) is 0 Å². The quantitative estimate of drug-likeness (QED) is 0.316. The van der Waals surface area contributed by atoms with Gasteiger partial charge in [0.25, 0.3) is 5.89 Å². The van der Waals surface area contributed by atoms with Gasteiger partial charge < -0.3 is 20.2 Å². The van der Waals surface area contributed by atoms with E-state index >= 15 is 0 Å². The van der Waals surface area contributed by atoms with Gasteiger partial charge in [-0.1, -0.05) is 23.7 Å². The molecule has 2 aromatic heterocycles. The summed E-state index contributed by atoms with van der Waals surface area (Å²) < 4.78 is 50.1. The van der Waals surface area contributed by atoms with Crippen molar-refractivity contribution in [2.45, 2.75) is 19.0 Å². The second-order valence-electron chi connectivity index (χ2n) is 7.64. The van der Waals surface area contributed by atoms with Gasteiger partial charge >= 0.3 is 18.0 Å². The van der Waals surface area contributed by atoms with Gasteiger partial charge in [-0.2, -0.15) is 13.2 Å². The van der Waals surface area contributed by atoms with Crippen molar-refractivity contribution in [1.29, 1.82) is 0 Å². The number of anilines is 1. The van der Waals surface area contributed by atoms with Gasteiger partial charge in [0.15, 0.2) is 0 Å². The summed E-state index contributed by atoms with van der Waals surface area (Å²) in [6, 6.07) is 13.2. The highest BCUT2D eigenvalue weighted by Gasteiger charge is 2.33. The van der Waals surface area contributed by atoms with Crippen molar-refractivity contribution < 1.29 is 31.9 Å². The van der Waals surface area contributed by atoms with Crippen LogP contribution in [0.25, 0.3) is 11.6 Å². The highest BCUT2D eigenvalue weighted by molar-refractivity contribution is 6.31. The van der Waals surface area contributed by atoms with Gasteiger partial charge in [0.2, 0.25) is 5.91 Å². The number of rotatable bonds is 8. The predicted octanol–water partition coefficient (Wildman–Crippen LogP) is 5.27. The van der Waals surface area contributed by atoms with Crippen LogP contribution in [0.15, 0.2) is 65.2 Å². The van der Waals surface area contributed by atoms with E-state index in [-0.39, 0.29) is 29.6 Å². The van der Waals surface area contributed by atoms with E-state index < -0.39 is 28.6 Å². The molecule has 0 atom stereocenters. The van der Waals surface area contributed by atoms with Crippen molar-refractivity contribution in [3.05, 3.63) is 82.8 Å². The van der Waals surface area contributed by atoms with Crippen LogP contribution >= 0.6 is 11.6 Å². The molecule has 2 amide bonds. The van der Waals surface area contributed by atoms with Crippen molar-refractivity contribution in [3.63, 3.8) is 0 Å². The monoisotopic (exact) mass is 531 g/mol. The van der Waals surface area contributed by atoms with E-state index in [2.05, 4.69) is 20.5 Å². The first-order valence-electron chi connectivity index (χ1n) is 10.6. The lowest BCUT2D eigenvalue weighted by molar-refractivity contribution is -0.137. The molecule has 190 valence electrons. The Morgan fingerprint density at radius 3 is 2.57 bits per heavy atom. The molecule has 37 heavy (non-hydrogen) atoms. The van der Waals surface area contributed by atoms with Gasteiger partial charge in [0.1, 0.15) is 17.2 Å². The van der Waals surface area contributed by atoms with Crippen LogP contribution < -0.4 is 15.8 Å². The van der Waals surface area contributed by atoms with Gasteiger partial charge in [-0.05, 0) is 48.4 Å². The SMILES string of the molecule is NC(=O)c1nnc(-c2cc(Oc3cccc(CCC(=O)Nc4ccc(Cl)c(C(F)(F)F)c4)c3)ccn2)o1. The zero-order valence-corrected chi connectivity index (χ0v) is 19.5. The van der Waals surface area contributed by atoms with E-state index in [0.29, 0.717) is 17.9 Å². The Labute approximate surface area is 212 Å². The maximum absolute atomic E-state index is 13.0. The smallest absolute Gasteiger partial charge is 0.417 e. The van der Waals surface area contributed by atoms with Crippen LogP contribution in [0.4, 0.5) is 18.9 Å². The lowest BCUT2D eigenvalue weighted by Crippen LogP contribution is -2.14. The Balaban J connectivity index is 1.38. The Morgan fingerprint density at radius 2 is 1.84 bits per heavy atom. The highest BCUT2D eigenvalue weighted by Crippen LogP contribution is 2.36. The number of pyridine rings is 1. The van der Waals surface area contributed by atoms with Crippen LogP contribution in [-0.2, 0) is 17.4 Å². The van der Waals surface area contributed by atoms with Crippen molar-refractivity contribution in [3.8, 4) is 23.1 Å². The number of nitrogens with zero attached hydrogens (tertiary/aromatic N) is 3. The van der Waals surface area contributed by atoms with Crippen molar-refractivity contribution in [2.24, 2.45) is 5.73 Å². The normalized spacial score (nSPS) is 11.2. The number of nitrogens with two attached hydrogens (primary N) is 1. The summed E-state index contributed by atoms with van der Waals surface area (Å²) in [7, 11) is 0. The average molecular weight is 532 g/mol. The third kappa shape index (κ3) is 6.61. The molecule has 0 spiro atoms. The lowest BCUT2D eigenvalue weighted by Gasteiger charge is -2.12. The molecule has 4 rings (SSSR count). The van der Waals surface area contributed by atoms with Crippen molar-refractivity contribution in [1.82, 2.24) is 15.2 Å². The van der Waals surface area contributed by atoms with Gasteiger partial charge in [-0.25, -0.2) is 0 Å². The standard InChI is InChI=1S/C24H17ClF3N5O4/c25-18-6-5-14(11-17(18)24(26,27)28)31-20(34)7-4-13-2-1-3-15(10-13)36-16-8-9-30-19(12-16)22-32-33-23(37-22)21(29)35/h1-3,5-6,8-12H,4,7H2,(H2,29,35)(H,31,34). The number of hydrogen-bond acceptors (Lipinski definition) is 7. The van der Waals surface area contributed by atoms with Gasteiger partial charge in [-0.3, -0.25) is 14.6 Å². The molecular weight excluding hydrogens is 515 g/mol. The third-order valence-electron chi connectivity index (χ3n) is 4.92. The number of aromatic nitrogens is 3. The molecule has 0 bridgehead atoms. The number of carbonyl (C=O) groups excluding carboxylic acids is 2. The first kappa shape index (κ1) is 25.6. The molecule has 0 saturated heterocycles. The molecule has 0 fully saturated rings. The molecule has 0 unspecified atom stereocenters. The average Bonchev–Trinajstić information content (AvgIpc) is 3.35. The van der Waals surface area contributed by atoms with Crippen LogP contribution in [0.1, 0.15) is 28.2 Å². The highest BCUT2D eigenvalue weighted by atomic mass is 35.5. The lowest BCUT2D eigenvalue weighted by atomic mass is 10.1. The molecule has 0 radical (unpaired) electrons. The molecule has 13 heteroatoms. The maximum Gasteiger partial charge on any atom is 0.417 e. The van der Waals surface area contributed by atoms with Crippen LogP contribution in [-0.4, -0.2) is 27.0 Å². The fourth-order valence-electron chi connectivity index (χ4n) is 3.22. The largest absolute Gasteiger partial charge is 0.457 e. The second-order valence-corrected chi connectivity index (χ2v) is 8.05. The number of benzene rings is 2. The molecule has 0 aliphatic carbocycles. The van der Waals surface area contributed by atoms with E-state index in [4.69, 9.17) is 26.5 Å². The van der Waals surface area contributed by atoms with E-state index in [1.165, 1.54) is 18.3 Å². The van der Waals surface area contributed by atoms with Gasteiger partial charge in [-0.15, -0.1) is 10.2 Å². The van der Waals surface area contributed by atoms with Gasteiger partial charge in [0, 0.05) is 24.4 Å². The topological polar surface area (TPSA) is 133 Å². The maximum atomic E-state index is 13.0. The zero-order chi connectivity index (χ0) is 26.6. The van der Waals surface area contributed by atoms with E-state index in [1.807, 2.05) is 0 Å². The summed E-state index contributed by atoms with van der Waals surface area (Å²) in [6.45, 7) is 0. The van der Waals surface area contributed by atoms with Crippen LogP contribution in [0, 0.1) is 0 Å². The summed E-state index contributed by atoms with van der Waals surface area (Å²) in [5.41, 5.74) is 5.11. The second kappa shape index (κ2) is 10.7. The minimum Gasteiger partial charge on any atom is -0.457 e. The molecule has 0 aliphatic rings. The van der Waals surface area contributed by atoms with E-state index in [0.717, 1.165) is 17.7 Å². The first-order valence-corrected chi connectivity index (χ1v) is 11.0. The number of nitrogens with one attached hydrogen (secondary N) is 1. The molecule has 0 saturated carbocycles. The summed E-state index contributed by atoms with van der Waals surface area (Å²) in [5, 5.41) is 9.27. The first-order chi connectivity index (χ1) is 17.6. The van der Waals surface area contributed by atoms with E-state index in [1.54, 1.807) is 30.3 Å². The molecular formula is C24H17ClF3N5O4. The number of carbonyl (C=O) groups is 2. The summed E-state index contributed by atoms with van der Waals surface area (Å²) in [6.07, 6.45) is -2.85. The number of halogens is 4. The van der Waals surface area contributed by atoms with Crippen molar-refractivity contribution in [2.75, 3.05) is 5.32 Å². The Hall–Kier alpha value is -4.45. The Kier molecular flexibility index (Phi) is 7.39. The minimum atomic E-state index is -4.63. The number of ether oxygens (including phenoxy) is 1. The zero-order valence-electron chi connectivity index (χ0n) is 18.8. The molecule has 2 heterocycles. The number of primary amides is 1. The number of amides is 2. The third-order valence-corrected chi connectivity index (χ3v) is 5.25. The Morgan fingerprint density at radius 1 is 1.05 bits per heavy atom. The van der Waals surface area contributed by atoms with Crippen LogP contribution in [0.5, 0.6) is 11.5 Å². The van der Waals surface area contributed by atoms with Gasteiger partial charge in [0.05, 0.1) is 10.6 Å². The minimum absolute atomic E-state index is 0.00324. The molecule has 9 nitrogen and oxygen atoms in total. The number of aryl methyl sites for hydroxylation is 1. The number of alkyl halides is 3. The molecule has 2 aromatic carbocycles. The molecule has 3 N–H and O–H groups in total. The van der Waals surface area contributed by atoms with E-state index in [9.17, 15) is 22.8 Å². The van der Waals surface area contributed by atoms with Crippen molar-refractivity contribution >= 4 is 29.1 Å². The molecule has 4 aromatic rings. The fraction of sp³-hybridized carbons (Fsp3) is 0.125. The Bertz CT molecular complexity index is 1460. The fourth-order valence-corrected chi connectivity index (χ4v) is 3.44. The summed E-state index contributed by atoms with van der Waals surface area (Å²) in [4.78, 5) is 27.6.